The Bertz CT molecular complexity index is 129. The fourth-order valence-electron chi connectivity index (χ4n) is 2.39. The second-order valence-corrected chi connectivity index (χ2v) is 5.01. The Hall–Kier alpha value is -0.0400. The molecule has 0 aromatic rings. The summed E-state index contributed by atoms with van der Waals surface area (Å²) in [6.45, 7) is 3.32. The third-order valence-corrected chi connectivity index (χ3v) is 3.82. The Labute approximate surface area is 89.5 Å². The molecule has 1 unspecified atom stereocenters. The predicted octanol–water partition coefficient (Wildman–Crippen LogP) is 3.72. The lowest BCUT2D eigenvalue weighted by molar-refractivity contribution is 0.206. The fraction of sp³-hybridized carbons (Fsp3) is 1.00. The van der Waals surface area contributed by atoms with Crippen LogP contribution >= 0.6 is 0 Å². The maximum Gasteiger partial charge on any atom is -0.00773 e. The van der Waals surface area contributed by atoms with E-state index in [1.807, 2.05) is 0 Å². The van der Waals surface area contributed by atoms with E-state index in [0.29, 0.717) is 0 Å². The number of hydrogen-bond donors (Lipinski definition) is 1. The van der Waals surface area contributed by atoms with E-state index < -0.39 is 0 Å². The van der Waals surface area contributed by atoms with Gasteiger partial charge in [-0.15, -0.1) is 0 Å². The van der Waals surface area contributed by atoms with Gasteiger partial charge in [-0.3, -0.25) is 0 Å². The van der Waals surface area contributed by atoms with Crippen LogP contribution in [0, 0.1) is 11.8 Å². The summed E-state index contributed by atoms with van der Waals surface area (Å²) >= 11 is 0. The Morgan fingerprint density at radius 2 is 1.71 bits per heavy atom. The van der Waals surface area contributed by atoms with Crippen LogP contribution in [-0.4, -0.2) is 6.54 Å². The largest absolute Gasteiger partial charge is 0.330 e. The van der Waals surface area contributed by atoms with E-state index in [4.69, 9.17) is 5.73 Å². The molecule has 0 heterocycles. The molecule has 0 radical (unpaired) electrons. The lowest BCUT2D eigenvalue weighted by atomic mass is 9.75. The number of rotatable bonds is 8. The van der Waals surface area contributed by atoms with Crippen molar-refractivity contribution in [1.82, 2.24) is 0 Å². The highest BCUT2D eigenvalue weighted by atomic mass is 14.5. The monoisotopic (exact) mass is 197 g/mol. The summed E-state index contributed by atoms with van der Waals surface area (Å²) in [4.78, 5) is 0. The fourth-order valence-corrected chi connectivity index (χ4v) is 2.39. The molecule has 2 N–H and O–H groups in total. The highest BCUT2D eigenvalue weighted by Gasteiger charge is 2.22. The first-order valence-electron chi connectivity index (χ1n) is 6.54. The lowest BCUT2D eigenvalue weighted by Gasteiger charge is -2.31. The van der Waals surface area contributed by atoms with Gasteiger partial charge in [0.15, 0.2) is 0 Å². The smallest absolute Gasteiger partial charge is 0.00773 e. The Morgan fingerprint density at radius 1 is 1.07 bits per heavy atom. The summed E-state index contributed by atoms with van der Waals surface area (Å²) in [7, 11) is 0. The van der Waals surface area contributed by atoms with Gasteiger partial charge < -0.3 is 5.73 Å². The molecule has 1 aliphatic rings. The molecule has 1 atom stereocenters. The van der Waals surface area contributed by atoms with Gasteiger partial charge in [0.05, 0.1) is 0 Å². The Balaban J connectivity index is 1.82. The zero-order chi connectivity index (χ0) is 10.2. The second kappa shape index (κ2) is 7.28. The molecule has 1 heteroatoms. The van der Waals surface area contributed by atoms with Crippen molar-refractivity contribution in [3.63, 3.8) is 0 Å². The third kappa shape index (κ3) is 4.45. The molecule has 14 heavy (non-hydrogen) atoms. The minimum atomic E-state index is 0.873. The highest BCUT2D eigenvalue weighted by Crippen LogP contribution is 2.35. The molecule has 1 saturated carbocycles. The van der Waals surface area contributed by atoms with Gasteiger partial charge in [0.2, 0.25) is 0 Å². The summed E-state index contributed by atoms with van der Waals surface area (Å²) < 4.78 is 0. The molecule has 1 rings (SSSR count). The van der Waals surface area contributed by atoms with E-state index in [9.17, 15) is 0 Å². The molecule has 1 fully saturated rings. The van der Waals surface area contributed by atoms with E-state index in [-0.39, 0.29) is 0 Å². The van der Waals surface area contributed by atoms with Crippen molar-refractivity contribution in [2.45, 2.75) is 64.7 Å². The Morgan fingerprint density at radius 3 is 2.29 bits per heavy atom. The molecule has 0 saturated heterocycles. The van der Waals surface area contributed by atoms with Gasteiger partial charge in [0, 0.05) is 0 Å². The van der Waals surface area contributed by atoms with Crippen LogP contribution in [0.2, 0.25) is 0 Å². The van der Waals surface area contributed by atoms with Gasteiger partial charge >= 0.3 is 0 Å². The van der Waals surface area contributed by atoms with Crippen molar-refractivity contribution < 1.29 is 0 Å². The number of nitrogens with two attached hydrogens (primary N) is 1. The van der Waals surface area contributed by atoms with E-state index >= 15 is 0 Å². The molecule has 84 valence electrons. The van der Waals surface area contributed by atoms with Crippen molar-refractivity contribution in [3.05, 3.63) is 0 Å². The van der Waals surface area contributed by atoms with Crippen LogP contribution < -0.4 is 5.73 Å². The molecule has 0 bridgehead atoms. The van der Waals surface area contributed by atoms with Crippen molar-refractivity contribution in [3.8, 4) is 0 Å². The summed E-state index contributed by atoms with van der Waals surface area (Å²) in [6, 6.07) is 0. The van der Waals surface area contributed by atoms with Crippen LogP contribution in [0.15, 0.2) is 0 Å². The number of hydrogen-bond acceptors (Lipinski definition) is 1. The van der Waals surface area contributed by atoms with Gasteiger partial charge in [0.25, 0.3) is 0 Å². The molecule has 1 aliphatic carbocycles. The molecule has 0 aromatic heterocycles. The average molecular weight is 197 g/mol. The quantitative estimate of drug-likeness (QED) is 0.590. The molecule has 0 spiro atoms. The predicted molar refractivity (Wildman–Crippen MR) is 63.3 cm³/mol. The zero-order valence-electron chi connectivity index (χ0n) is 9.80. The van der Waals surface area contributed by atoms with Gasteiger partial charge in [-0.05, 0) is 24.8 Å². The standard InChI is InChI=1S/C13H27N/c1-12(13-9-7-10-13)8-5-3-2-4-6-11-14/h12-13H,2-11,14H2,1H3. The van der Waals surface area contributed by atoms with E-state index in [1.54, 1.807) is 0 Å². The summed E-state index contributed by atoms with van der Waals surface area (Å²) in [5.74, 6) is 2.08. The highest BCUT2D eigenvalue weighted by molar-refractivity contribution is 4.74. The summed E-state index contributed by atoms with van der Waals surface area (Å²) in [5.41, 5.74) is 5.46. The maximum absolute atomic E-state index is 5.46. The van der Waals surface area contributed by atoms with Crippen molar-refractivity contribution >= 4 is 0 Å². The molecular formula is C13H27N. The minimum absolute atomic E-state index is 0.873. The number of unbranched alkanes of at least 4 members (excludes halogenated alkanes) is 4. The molecule has 0 aromatic carbocycles. The van der Waals surface area contributed by atoms with Crippen molar-refractivity contribution in [1.29, 1.82) is 0 Å². The van der Waals surface area contributed by atoms with Crippen LogP contribution in [0.5, 0.6) is 0 Å². The average Bonchev–Trinajstić information content (AvgIpc) is 2.08. The first kappa shape index (κ1) is 12.0. The first-order chi connectivity index (χ1) is 6.84. The van der Waals surface area contributed by atoms with Gasteiger partial charge in [-0.1, -0.05) is 58.3 Å². The van der Waals surface area contributed by atoms with Crippen LogP contribution in [0.25, 0.3) is 0 Å². The molecule has 0 amide bonds. The molecule has 0 aliphatic heterocycles. The van der Waals surface area contributed by atoms with Crippen molar-refractivity contribution in [2.24, 2.45) is 17.6 Å². The van der Waals surface area contributed by atoms with Crippen LogP contribution in [0.3, 0.4) is 0 Å². The van der Waals surface area contributed by atoms with E-state index in [0.717, 1.165) is 18.4 Å². The Kier molecular flexibility index (Phi) is 6.25. The summed E-state index contributed by atoms with van der Waals surface area (Å²) in [5, 5.41) is 0. The second-order valence-electron chi connectivity index (χ2n) is 5.01. The van der Waals surface area contributed by atoms with Crippen LogP contribution in [-0.2, 0) is 0 Å². The van der Waals surface area contributed by atoms with Gasteiger partial charge in [0.1, 0.15) is 0 Å². The SMILES string of the molecule is CC(CCCCCCCN)C1CCC1. The molecular weight excluding hydrogens is 170 g/mol. The minimum Gasteiger partial charge on any atom is -0.330 e. The lowest BCUT2D eigenvalue weighted by Crippen LogP contribution is -2.19. The topological polar surface area (TPSA) is 26.0 Å². The first-order valence-corrected chi connectivity index (χ1v) is 6.54. The van der Waals surface area contributed by atoms with E-state index in [2.05, 4.69) is 6.92 Å². The summed E-state index contributed by atoms with van der Waals surface area (Å²) in [6.07, 6.45) is 12.8. The molecule has 1 nitrogen and oxygen atoms in total. The normalized spacial score (nSPS) is 19.3. The van der Waals surface area contributed by atoms with Gasteiger partial charge in [-0.25, -0.2) is 0 Å². The van der Waals surface area contributed by atoms with Crippen molar-refractivity contribution in [2.75, 3.05) is 6.54 Å². The third-order valence-electron chi connectivity index (χ3n) is 3.82. The zero-order valence-corrected chi connectivity index (χ0v) is 9.80. The van der Waals surface area contributed by atoms with Crippen LogP contribution in [0.1, 0.15) is 64.7 Å². The maximum atomic E-state index is 5.46. The van der Waals surface area contributed by atoms with Crippen LogP contribution in [0.4, 0.5) is 0 Å². The van der Waals surface area contributed by atoms with E-state index in [1.165, 1.54) is 57.8 Å². The van der Waals surface area contributed by atoms with Gasteiger partial charge in [-0.2, -0.15) is 0 Å².